The zero-order chi connectivity index (χ0) is 12.3. The molecule has 0 amide bonds. The minimum Gasteiger partial charge on any atom is -0.373 e. The van der Waals surface area contributed by atoms with Gasteiger partial charge in [-0.15, -0.1) is 0 Å². The highest BCUT2D eigenvalue weighted by molar-refractivity contribution is 5.42. The molecule has 1 aliphatic rings. The lowest BCUT2D eigenvalue weighted by Crippen LogP contribution is -2.49. The molecule has 0 spiro atoms. The summed E-state index contributed by atoms with van der Waals surface area (Å²) in [5.41, 5.74) is 6.41. The molecular formula is C12H16N4O. The molecule has 0 bridgehead atoms. The van der Waals surface area contributed by atoms with E-state index in [0.717, 1.165) is 18.9 Å². The summed E-state index contributed by atoms with van der Waals surface area (Å²) in [6.07, 6.45) is 1.63. The number of nitrogens with zero attached hydrogens (tertiary/aromatic N) is 3. The standard InChI is InChI=1S/C12H16N4O/c1-9(14)11-8-16(4-5-17-11)12-3-2-10(6-13)7-15-12/h2-3,7,9,11H,4-5,8,14H2,1H3. The molecule has 2 rings (SSSR count). The second kappa shape index (κ2) is 5.13. The first-order valence-corrected chi connectivity index (χ1v) is 5.69. The first-order chi connectivity index (χ1) is 8.20. The van der Waals surface area contributed by atoms with E-state index in [2.05, 4.69) is 16.0 Å². The molecule has 0 aliphatic carbocycles. The van der Waals surface area contributed by atoms with Crippen molar-refractivity contribution in [3.05, 3.63) is 23.9 Å². The van der Waals surface area contributed by atoms with Crippen molar-refractivity contribution in [2.75, 3.05) is 24.6 Å². The highest BCUT2D eigenvalue weighted by Gasteiger charge is 2.23. The van der Waals surface area contributed by atoms with Crippen molar-refractivity contribution in [1.82, 2.24) is 4.98 Å². The Balaban J connectivity index is 2.08. The van der Waals surface area contributed by atoms with Gasteiger partial charge in [0, 0.05) is 25.3 Å². The van der Waals surface area contributed by atoms with Gasteiger partial charge in [-0.3, -0.25) is 0 Å². The van der Waals surface area contributed by atoms with Crippen molar-refractivity contribution < 1.29 is 4.74 Å². The summed E-state index contributed by atoms with van der Waals surface area (Å²) in [6.45, 7) is 4.16. The number of nitriles is 1. The maximum absolute atomic E-state index is 8.71. The number of pyridine rings is 1. The molecule has 2 unspecified atom stereocenters. The molecule has 2 heterocycles. The van der Waals surface area contributed by atoms with E-state index >= 15 is 0 Å². The van der Waals surface area contributed by atoms with E-state index < -0.39 is 0 Å². The normalized spacial score (nSPS) is 21.9. The van der Waals surface area contributed by atoms with Gasteiger partial charge in [0.05, 0.1) is 18.3 Å². The van der Waals surface area contributed by atoms with Gasteiger partial charge < -0.3 is 15.4 Å². The fourth-order valence-electron chi connectivity index (χ4n) is 1.84. The van der Waals surface area contributed by atoms with Crippen LogP contribution in [0, 0.1) is 11.3 Å². The van der Waals surface area contributed by atoms with Gasteiger partial charge in [-0.05, 0) is 19.1 Å². The molecule has 0 aromatic carbocycles. The van der Waals surface area contributed by atoms with Crippen LogP contribution in [0.4, 0.5) is 5.82 Å². The van der Waals surface area contributed by atoms with E-state index in [9.17, 15) is 0 Å². The Morgan fingerprint density at radius 3 is 3.06 bits per heavy atom. The maximum Gasteiger partial charge on any atom is 0.128 e. The third-order valence-corrected chi connectivity index (χ3v) is 2.88. The molecule has 1 aromatic heterocycles. The summed E-state index contributed by atoms with van der Waals surface area (Å²) in [5, 5.41) is 8.71. The van der Waals surface area contributed by atoms with Gasteiger partial charge in [0.25, 0.3) is 0 Å². The number of anilines is 1. The Morgan fingerprint density at radius 2 is 2.47 bits per heavy atom. The molecule has 1 saturated heterocycles. The van der Waals surface area contributed by atoms with Gasteiger partial charge in [0.2, 0.25) is 0 Å². The minimum absolute atomic E-state index is 0.0104. The molecule has 0 radical (unpaired) electrons. The van der Waals surface area contributed by atoms with Crippen LogP contribution in [0.1, 0.15) is 12.5 Å². The van der Waals surface area contributed by atoms with Crippen LogP contribution in [-0.4, -0.2) is 36.8 Å². The van der Waals surface area contributed by atoms with Crippen LogP contribution >= 0.6 is 0 Å². The van der Waals surface area contributed by atoms with E-state index in [1.165, 1.54) is 0 Å². The molecule has 2 atom stereocenters. The molecule has 5 heteroatoms. The molecule has 1 aliphatic heterocycles. The molecule has 1 aromatic rings. The van der Waals surface area contributed by atoms with Crippen molar-refractivity contribution in [2.24, 2.45) is 5.73 Å². The molecule has 90 valence electrons. The molecule has 2 N–H and O–H groups in total. The number of nitrogens with two attached hydrogens (primary N) is 1. The molecule has 0 saturated carbocycles. The van der Waals surface area contributed by atoms with E-state index in [4.69, 9.17) is 15.7 Å². The van der Waals surface area contributed by atoms with Crippen molar-refractivity contribution in [2.45, 2.75) is 19.1 Å². The zero-order valence-electron chi connectivity index (χ0n) is 9.84. The Morgan fingerprint density at radius 1 is 1.65 bits per heavy atom. The fraction of sp³-hybridized carbons (Fsp3) is 0.500. The van der Waals surface area contributed by atoms with E-state index in [1.54, 1.807) is 12.3 Å². The van der Waals surface area contributed by atoms with Gasteiger partial charge in [-0.1, -0.05) is 0 Å². The summed E-state index contributed by atoms with van der Waals surface area (Å²) in [7, 11) is 0. The SMILES string of the molecule is CC(N)C1CN(c2ccc(C#N)cn2)CCO1. The van der Waals surface area contributed by atoms with Crippen LogP contribution < -0.4 is 10.6 Å². The summed E-state index contributed by atoms with van der Waals surface area (Å²) >= 11 is 0. The molecule has 17 heavy (non-hydrogen) atoms. The molecule has 5 nitrogen and oxygen atoms in total. The lowest BCUT2D eigenvalue weighted by atomic mass is 10.1. The van der Waals surface area contributed by atoms with Gasteiger partial charge >= 0.3 is 0 Å². The third kappa shape index (κ3) is 2.73. The Kier molecular flexibility index (Phi) is 3.57. The molecule has 1 fully saturated rings. The van der Waals surface area contributed by atoms with Crippen molar-refractivity contribution in [1.29, 1.82) is 5.26 Å². The van der Waals surface area contributed by atoms with Crippen molar-refractivity contribution in [3.8, 4) is 6.07 Å². The Hall–Kier alpha value is -1.64. The number of ether oxygens (including phenoxy) is 1. The first-order valence-electron chi connectivity index (χ1n) is 5.69. The van der Waals surface area contributed by atoms with Gasteiger partial charge in [-0.2, -0.15) is 5.26 Å². The van der Waals surface area contributed by atoms with Crippen molar-refractivity contribution in [3.63, 3.8) is 0 Å². The lowest BCUT2D eigenvalue weighted by Gasteiger charge is -2.35. The average Bonchev–Trinajstić information content (AvgIpc) is 2.39. The predicted molar refractivity (Wildman–Crippen MR) is 64.6 cm³/mol. The minimum atomic E-state index is 0.0104. The fourth-order valence-corrected chi connectivity index (χ4v) is 1.84. The van der Waals surface area contributed by atoms with Crippen LogP contribution in [0.15, 0.2) is 18.3 Å². The second-order valence-corrected chi connectivity index (χ2v) is 4.23. The van der Waals surface area contributed by atoms with Gasteiger partial charge in [0.1, 0.15) is 11.9 Å². The van der Waals surface area contributed by atoms with Crippen molar-refractivity contribution >= 4 is 5.82 Å². The highest BCUT2D eigenvalue weighted by atomic mass is 16.5. The summed E-state index contributed by atoms with van der Waals surface area (Å²) in [4.78, 5) is 6.41. The van der Waals surface area contributed by atoms with Crippen LogP contribution in [-0.2, 0) is 4.74 Å². The van der Waals surface area contributed by atoms with Crippen LogP contribution in [0.25, 0.3) is 0 Å². The first kappa shape index (κ1) is 11.8. The average molecular weight is 232 g/mol. The number of morpholine rings is 1. The summed E-state index contributed by atoms with van der Waals surface area (Å²) in [6, 6.07) is 5.71. The third-order valence-electron chi connectivity index (χ3n) is 2.88. The summed E-state index contributed by atoms with van der Waals surface area (Å²) < 4.78 is 5.59. The van der Waals surface area contributed by atoms with Crippen LogP contribution in [0.3, 0.4) is 0 Å². The maximum atomic E-state index is 8.71. The zero-order valence-corrected chi connectivity index (χ0v) is 9.84. The van der Waals surface area contributed by atoms with E-state index in [-0.39, 0.29) is 12.1 Å². The summed E-state index contributed by atoms with van der Waals surface area (Å²) in [5.74, 6) is 0.873. The number of hydrogen-bond acceptors (Lipinski definition) is 5. The van der Waals surface area contributed by atoms with Gasteiger partial charge in [0.15, 0.2) is 0 Å². The number of rotatable bonds is 2. The highest BCUT2D eigenvalue weighted by Crippen LogP contribution is 2.16. The Labute approximate surface area is 101 Å². The quantitative estimate of drug-likeness (QED) is 0.804. The lowest BCUT2D eigenvalue weighted by molar-refractivity contribution is 0.0273. The van der Waals surface area contributed by atoms with Crippen LogP contribution in [0.2, 0.25) is 0 Å². The molecular weight excluding hydrogens is 216 g/mol. The predicted octanol–water partition coefficient (Wildman–Crippen LogP) is 0.506. The van der Waals surface area contributed by atoms with Gasteiger partial charge in [-0.25, -0.2) is 4.98 Å². The number of hydrogen-bond donors (Lipinski definition) is 1. The monoisotopic (exact) mass is 232 g/mol. The largest absolute Gasteiger partial charge is 0.373 e. The van der Waals surface area contributed by atoms with E-state index in [0.29, 0.717) is 12.2 Å². The topological polar surface area (TPSA) is 75.2 Å². The smallest absolute Gasteiger partial charge is 0.128 e. The van der Waals surface area contributed by atoms with Crippen LogP contribution in [0.5, 0.6) is 0 Å². The van der Waals surface area contributed by atoms with E-state index in [1.807, 2.05) is 13.0 Å². The Bertz CT molecular complexity index is 410. The second-order valence-electron chi connectivity index (χ2n) is 4.23. The number of aromatic nitrogens is 1.